The summed E-state index contributed by atoms with van der Waals surface area (Å²) in [7, 11) is -2.71. The molecule has 0 saturated heterocycles. The maximum atomic E-state index is 13.5. The minimum Gasteiger partial charge on any atom is -0.278 e. The summed E-state index contributed by atoms with van der Waals surface area (Å²) in [5, 5.41) is 9.05. The van der Waals surface area contributed by atoms with Gasteiger partial charge in [-0.1, -0.05) is 6.92 Å². The number of amidine groups is 1. The molecule has 8 nitrogen and oxygen atoms in total. The third-order valence-electron chi connectivity index (χ3n) is 4.68. The first-order chi connectivity index (χ1) is 16.8. The second-order valence-electron chi connectivity index (χ2n) is 6.99. The van der Waals surface area contributed by atoms with E-state index in [0.717, 1.165) is 17.4 Å². The van der Waals surface area contributed by atoms with E-state index in [4.69, 9.17) is 10.1 Å². The summed E-state index contributed by atoms with van der Waals surface area (Å²) in [4.78, 5) is 17.3. The number of rotatable bonds is 7. The lowest BCUT2D eigenvalue weighted by atomic mass is 10.1. The van der Waals surface area contributed by atoms with Gasteiger partial charge in [0.15, 0.2) is 21.5 Å². The maximum absolute atomic E-state index is 13.5. The van der Waals surface area contributed by atoms with E-state index in [9.17, 15) is 30.4 Å². The first-order valence-corrected chi connectivity index (χ1v) is 12.3. The SMILES string of the molecule is CCS(=O)(=O)c1cc(-c2ccc(C#N)s2)cnc1C(=Nc1ccc(C(F)(F)C(F)(F)F)cn1)NOC. The summed E-state index contributed by atoms with van der Waals surface area (Å²) in [5.74, 6) is -6.04. The highest BCUT2D eigenvalue weighted by Crippen LogP contribution is 2.43. The van der Waals surface area contributed by atoms with Gasteiger partial charge in [-0.2, -0.15) is 27.2 Å². The molecule has 0 aromatic carbocycles. The first-order valence-electron chi connectivity index (χ1n) is 9.86. The molecule has 0 unspecified atom stereocenters. The fraction of sp³-hybridized carbons (Fsp3) is 0.238. The zero-order chi connectivity index (χ0) is 26.7. The van der Waals surface area contributed by atoms with Crippen LogP contribution in [0.4, 0.5) is 27.8 Å². The van der Waals surface area contributed by atoms with Gasteiger partial charge in [-0.3, -0.25) is 9.82 Å². The maximum Gasteiger partial charge on any atom is 0.458 e. The normalized spacial score (nSPS) is 12.9. The molecule has 3 aromatic rings. The number of pyridine rings is 2. The topological polar surface area (TPSA) is 117 Å². The van der Waals surface area contributed by atoms with Crippen LogP contribution in [0.2, 0.25) is 0 Å². The molecular formula is C21H16F5N5O3S2. The van der Waals surface area contributed by atoms with Crippen molar-refractivity contribution < 1.29 is 35.2 Å². The molecule has 1 N–H and O–H groups in total. The Labute approximate surface area is 206 Å². The van der Waals surface area contributed by atoms with Gasteiger partial charge in [-0.15, -0.1) is 11.3 Å². The Morgan fingerprint density at radius 3 is 2.42 bits per heavy atom. The molecule has 0 bridgehead atoms. The van der Waals surface area contributed by atoms with Crippen molar-refractivity contribution in [3.63, 3.8) is 0 Å². The number of hydroxylamine groups is 1. The van der Waals surface area contributed by atoms with E-state index in [1.54, 1.807) is 12.1 Å². The van der Waals surface area contributed by atoms with E-state index >= 15 is 0 Å². The van der Waals surface area contributed by atoms with Gasteiger partial charge >= 0.3 is 12.1 Å². The van der Waals surface area contributed by atoms with Crippen LogP contribution in [0.15, 0.2) is 52.6 Å². The summed E-state index contributed by atoms with van der Waals surface area (Å²) >= 11 is 1.13. The average molecular weight is 546 g/mol. The van der Waals surface area contributed by atoms with E-state index in [-0.39, 0.29) is 28.0 Å². The molecule has 0 atom stereocenters. The Morgan fingerprint density at radius 2 is 1.89 bits per heavy atom. The highest BCUT2D eigenvalue weighted by atomic mass is 32.2. The summed E-state index contributed by atoms with van der Waals surface area (Å²) in [6.45, 7) is 1.41. The van der Waals surface area contributed by atoms with E-state index in [1.807, 2.05) is 6.07 Å². The van der Waals surface area contributed by atoms with Gasteiger partial charge in [0.25, 0.3) is 0 Å². The van der Waals surface area contributed by atoms with Crippen molar-refractivity contribution in [2.45, 2.75) is 23.9 Å². The summed E-state index contributed by atoms with van der Waals surface area (Å²) < 4.78 is 90.6. The molecule has 0 amide bonds. The molecule has 0 radical (unpaired) electrons. The lowest BCUT2D eigenvalue weighted by Crippen LogP contribution is -2.33. The van der Waals surface area contributed by atoms with Gasteiger partial charge in [0.05, 0.1) is 17.8 Å². The van der Waals surface area contributed by atoms with Gasteiger partial charge in [0.2, 0.25) is 0 Å². The number of hydrogen-bond donors (Lipinski definition) is 1. The monoisotopic (exact) mass is 545 g/mol. The predicted molar refractivity (Wildman–Crippen MR) is 121 cm³/mol. The molecule has 0 aliphatic heterocycles. The number of hydrogen-bond acceptors (Lipinski definition) is 8. The number of alkyl halides is 5. The fourth-order valence-electron chi connectivity index (χ4n) is 2.84. The second-order valence-corrected chi connectivity index (χ2v) is 10.3. The Kier molecular flexibility index (Phi) is 7.72. The molecule has 0 spiro atoms. The zero-order valence-corrected chi connectivity index (χ0v) is 20.1. The van der Waals surface area contributed by atoms with Gasteiger partial charge in [-0.05, 0) is 30.3 Å². The molecule has 0 saturated carbocycles. The summed E-state index contributed by atoms with van der Waals surface area (Å²) in [6, 6.07) is 7.84. The van der Waals surface area contributed by atoms with Crippen molar-refractivity contribution in [2.75, 3.05) is 12.9 Å². The van der Waals surface area contributed by atoms with Gasteiger partial charge in [0.1, 0.15) is 16.6 Å². The van der Waals surface area contributed by atoms with Crippen LogP contribution in [-0.4, -0.2) is 43.3 Å². The standard InChI is InChI=1S/C21H16F5N5O3S2/c1-3-36(32,33)16-8-12(15-6-5-14(9-27)35-15)10-29-18(16)19(31-34-2)30-17-7-4-13(11-28-17)20(22,23)21(24,25)26/h4-8,10-11H,3H2,1-2H3,(H,28,30,31). The van der Waals surface area contributed by atoms with Crippen LogP contribution in [0.5, 0.6) is 0 Å². The van der Waals surface area contributed by atoms with Crippen LogP contribution in [0, 0.1) is 11.3 Å². The molecule has 36 heavy (non-hydrogen) atoms. The average Bonchev–Trinajstić information content (AvgIpc) is 3.32. The third kappa shape index (κ3) is 5.50. The molecule has 0 fully saturated rings. The van der Waals surface area contributed by atoms with Gasteiger partial charge in [-0.25, -0.2) is 23.9 Å². The molecular weight excluding hydrogens is 529 g/mol. The Morgan fingerprint density at radius 1 is 1.17 bits per heavy atom. The number of aromatic nitrogens is 2. The Balaban J connectivity index is 2.11. The minimum absolute atomic E-state index is 0.203. The first kappa shape index (κ1) is 27.1. The van der Waals surface area contributed by atoms with Gasteiger partial charge < -0.3 is 0 Å². The van der Waals surface area contributed by atoms with Crippen LogP contribution >= 0.6 is 11.3 Å². The third-order valence-corrected chi connectivity index (χ3v) is 7.46. The molecule has 0 aliphatic carbocycles. The molecule has 15 heteroatoms. The quantitative estimate of drug-likeness (QED) is 0.197. The van der Waals surface area contributed by atoms with E-state index in [0.29, 0.717) is 27.6 Å². The van der Waals surface area contributed by atoms with Crippen LogP contribution in [-0.2, 0) is 20.6 Å². The number of nitrogens with zero attached hydrogens (tertiary/aromatic N) is 4. The summed E-state index contributed by atoms with van der Waals surface area (Å²) in [5.41, 5.74) is 1.16. The predicted octanol–water partition coefficient (Wildman–Crippen LogP) is 4.75. The highest BCUT2D eigenvalue weighted by Gasteiger charge is 2.58. The van der Waals surface area contributed by atoms with Crippen molar-refractivity contribution in [1.82, 2.24) is 15.4 Å². The van der Waals surface area contributed by atoms with Crippen LogP contribution in [0.25, 0.3) is 10.4 Å². The van der Waals surface area contributed by atoms with Crippen molar-refractivity contribution in [1.29, 1.82) is 5.26 Å². The van der Waals surface area contributed by atoms with Crippen molar-refractivity contribution in [3.05, 3.63) is 58.9 Å². The van der Waals surface area contributed by atoms with Crippen molar-refractivity contribution >= 4 is 32.8 Å². The Bertz CT molecular complexity index is 1430. The Hall–Kier alpha value is -3.48. The number of nitriles is 1. The highest BCUT2D eigenvalue weighted by molar-refractivity contribution is 7.91. The fourth-order valence-corrected chi connectivity index (χ4v) is 4.69. The minimum atomic E-state index is -5.81. The molecule has 190 valence electrons. The molecule has 0 aliphatic rings. The van der Waals surface area contributed by atoms with Crippen LogP contribution in [0.1, 0.15) is 23.1 Å². The number of nitrogens with one attached hydrogen (secondary N) is 1. The number of thiophene rings is 1. The summed E-state index contributed by atoms with van der Waals surface area (Å²) in [6.07, 6.45) is -4.15. The largest absolute Gasteiger partial charge is 0.458 e. The van der Waals surface area contributed by atoms with Crippen LogP contribution in [0.3, 0.4) is 0 Å². The lowest BCUT2D eigenvalue weighted by molar-refractivity contribution is -0.289. The van der Waals surface area contributed by atoms with Gasteiger partial charge in [0, 0.05) is 28.4 Å². The lowest BCUT2D eigenvalue weighted by Gasteiger charge is -2.19. The van der Waals surface area contributed by atoms with Crippen LogP contribution < -0.4 is 5.48 Å². The van der Waals surface area contributed by atoms with E-state index in [1.165, 1.54) is 26.3 Å². The van der Waals surface area contributed by atoms with Crippen molar-refractivity contribution in [2.24, 2.45) is 4.99 Å². The molecule has 3 heterocycles. The number of halogens is 5. The van der Waals surface area contributed by atoms with E-state index in [2.05, 4.69) is 20.4 Å². The second kappa shape index (κ2) is 10.2. The number of aliphatic imine (C=N–C) groups is 1. The van der Waals surface area contributed by atoms with E-state index < -0.39 is 27.5 Å². The molecule has 3 aromatic heterocycles. The molecule has 3 rings (SSSR count). The zero-order valence-electron chi connectivity index (χ0n) is 18.5. The smallest absolute Gasteiger partial charge is 0.278 e. The van der Waals surface area contributed by atoms with Crippen molar-refractivity contribution in [3.8, 4) is 16.5 Å². The number of sulfone groups is 1.